The van der Waals surface area contributed by atoms with Crippen LogP contribution in [0.1, 0.15) is 63.0 Å². The minimum absolute atomic E-state index is 0.00218. The maximum Gasteiger partial charge on any atom is 0.227 e. The van der Waals surface area contributed by atoms with Crippen molar-refractivity contribution < 1.29 is 9.90 Å². The number of nitrogens with one attached hydrogen (secondary N) is 1. The molecule has 2 aliphatic carbocycles. The zero-order valence-corrected chi connectivity index (χ0v) is 22.6. The summed E-state index contributed by atoms with van der Waals surface area (Å²) in [5.74, 6) is 0.578. The van der Waals surface area contributed by atoms with E-state index in [1.54, 1.807) is 18.3 Å². The summed E-state index contributed by atoms with van der Waals surface area (Å²) in [5, 5.41) is 23.7. The number of hydrogen-bond donors (Lipinski definition) is 3. The number of primary amides is 1. The standard InChI is InChI=1S/C26H30Cl2N8O2/c1-35(20-4-2-3-5-21(20)37)25-31-13-19-24(34-25)36(16-8-6-15(7-9-16)23(30)38)26(32-19)33-22-17(27)10-14(12-29)11-18(22)28/h10-11,13,15-16,20-21,37H,2-9H2,1H3,(H2,30,38)(H,32,33)/t15-,16-,20-,21+/m0/s1. The topological polar surface area (TPSA) is 146 Å². The van der Waals surface area contributed by atoms with Gasteiger partial charge in [0.25, 0.3) is 0 Å². The van der Waals surface area contributed by atoms with Crippen molar-refractivity contribution in [3.63, 3.8) is 0 Å². The molecule has 10 nitrogen and oxygen atoms in total. The van der Waals surface area contributed by atoms with Gasteiger partial charge in [0.1, 0.15) is 5.52 Å². The number of nitriles is 1. The maximum absolute atomic E-state index is 11.8. The van der Waals surface area contributed by atoms with Crippen LogP contribution < -0.4 is 16.0 Å². The largest absolute Gasteiger partial charge is 0.391 e. The van der Waals surface area contributed by atoms with E-state index >= 15 is 0 Å². The molecule has 2 aromatic heterocycles. The van der Waals surface area contributed by atoms with E-state index in [0.29, 0.717) is 57.2 Å². The number of fused-ring (bicyclic) bond motifs is 1. The molecule has 2 atom stereocenters. The summed E-state index contributed by atoms with van der Waals surface area (Å²) in [5.41, 5.74) is 7.59. The van der Waals surface area contributed by atoms with Crippen molar-refractivity contribution in [2.75, 3.05) is 17.3 Å². The Morgan fingerprint density at radius 1 is 1.16 bits per heavy atom. The predicted molar refractivity (Wildman–Crippen MR) is 147 cm³/mol. The number of rotatable bonds is 6. The third-order valence-electron chi connectivity index (χ3n) is 7.80. The van der Waals surface area contributed by atoms with Gasteiger partial charge in [0.05, 0.1) is 45.7 Å². The lowest BCUT2D eigenvalue weighted by atomic mass is 9.85. The average Bonchev–Trinajstić information content (AvgIpc) is 3.27. The Hall–Kier alpha value is -3.13. The van der Waals surface area contributed by atoms with Crippen molar-refractivity contribution in [1.82, 2.24) is 19.5 Å². The molecule has 0 radical (unpaired) electrons. The highest BCUT2D eigenvalue weighted by Crippen LogP contribution is 2.39. The molecule has 2 aliphatic rings. The maximum atomic E-state index is 11.8. The average molecular weight is 557 g/mol. The lowest BCUT2D eigenvalue weighted by Gasteiger charge is -2.35. The second-order valence-corrected chi connectivity index (χ2v) is 11.0. The fraction of sp³-hybridized carbons (Fsp3) is 0.500. The molecule has 1 aromatic carbocycles. The van der Waals surface area contributed by atoms with Crippen molar-refractivity contribution in [3.05, 3.63) is 33.9 Å². The Morgan fingerprint density at radius 2 is 1.84 bits per heavy atom. The van der Waals surface area contributed by atoms with E-state index in [1.165, 1.54) is 0 Å². The van der Waals surface area contributed by atoms with Gasteiger partial charge in [-0.3, -0.25) is 9.36 Å². The number of nitrogens with two attached hydrogens (primary N) is 1. The minimum atomic E-state index is -0.431. The van der Waals surface area contributed by atoms with E-state index in [2.05, 4.69) is 10.3 Å². The Bertz CT molecular complexity index is 1370. The Morgan fingerprint density at radius 3 is 2.47 bits per heavy atom. The molecule has 38 heavy (non-hydrogen) atoms. The van der Waals surface area contributed by atoms with Crippen LogP contribution in [0.25, 0.3) is 11.2 Å². The molecule has 12 heteroatoms. The van der Waals surface area contributed by atoms with Gasteiger partial charge < -0.3 is 21.1 Å². The zero-order chi connectivity index (χ0) is 27.0. The highest BCUT2D eigenvalue weighted by molar-refractivity contribution is 6.39. The van der Waals surface area contributed by atoms with Crippen molar-refractivity contribution in [3.8, 4) is 6.07 Å². The molecule has 2 heterocycles. The number of imidazole rings is 1. The molecule has 1 amide bonds. The number of carbonyl (C=O) groups excluding carboxylic acids is 1. The first-order valence-corrected chi connectivity index (χ1v) is 13.6. The summed E-state index contributed by atoms with van der Waals surface area (Å²) >= 11 is 13.0. The van der Waals surface area contributed by atoms with Crippen LogP contribution in [0.5, 0.6) is 0 Å². The first kappa shape index (κ1) is 26.5. The molecule has 5 rings (SSSR count). The Kier molecular flexibility index (Phi) is 7.61. The second kappa shape index (κ2) is 10.9. The lowest BCUT2D eigenvalue weighted by molar-refractivity contribution is -0.122. The molecule has 2 fully saturated rings. The molecule has 0 unspecified atom stereocenters. The molecule has 0 aliphatic heterocycles. The van der Waals surface area contributed by atoms with Crippen molar-refractivity contribution in [1.29, 1.82) is 5.26 Å². The number of benzene rings is 1. The van der Waals surface area contributed by atoms with Gasteiger partial charge in [-0.25, -0.2) is 9.97 Å². The SMILES string of the molecule is CN(c1ncc2nc(Nc3c(Cl)cc(C#N)cc3Cl)n([C@H]3CC[C@H](C(N)=O)CC3)c2n1)[C@H]1CCCC[C@H]1O. The van der Waals surface area contributed by atoms with Crippen LogP contribution in [0.4, 0.5) is 17.6 Å². The van der Waals surface area contributed by atoms with Gasteiger partial charge in [0.15, 0.2) is 5.65 Å². The zero-order valence-electron chi connectivity index (χ0n) is 21.1. The smallest absolute Gasteiger partial charge is 0.227 e. The molecule has 0 bridgehead atoms. The Balaban J connectivity index is 1.56. The van der Waals surface area contributed by atoms with Gasteiger partial charge in [-0.15, -0.1) is 0 Å². The van der Waals surface area contributed by atoms with E-state index in [4.69, 9.17) is 38.9 Å². The van der Waals surface area contributed by atoms with Crippen LogP contribution in [0, 0.1) is 17.2 Å². The second-order valence-electron chi connectivity index (χ2n) is 10.2. The summed E-state index contributed by atoms with van der Waals surface area (Å²) in [4.78, 5) is 28.0. The number of amides is 1. The van der Waals surface area contributed by atoms with Gasteiger partial charge in [-0.2, -0.15) is 10.2 Å². The predicted octanol–water partition coefficient (Wildman–Crippen LogP) is 4.70. The van der Waals surface area contributed by atoms with Crippen LogP contribution in [0.2, 0.25) is 10.0 Å². The molecular weight excluding hydrogens is 527 g/mol. The van der Waals surface area contributed by atoms with E-state index in [1.807, 2.05) is 22.6 Å². The quantitative estimate of drug-likeness (QED) is 0.395. The van der Waals surface area contributed by atoms with Gasteiger partial charge >= 0.3 is 0 Å². The summed E-state index contributed by atoms with van der Waals surface area (Å²) in [7, 11) is 1.91. The highest BCUT2D eigenvalue weighted by Gasteiger charge is 2.31. The number of carbonyl (C=O) groups is 1. The summed E-state index contributed by atoms with van der Waals surface area (Å²) in [6.45, 7) is 0. The first-order valence-electron chi connectivity index (χ1n) is 12.9. The third-order valence-corrected chi connectivity index (χ3v) is 8.40. The highest BCUT2D eigenvalue weighted by atomic mass is 35.5. The summed E-state index contributed by atoms with van der Waals surface area (Å²) in [6.07, 6.45) is 7.74. The normalized spacial score (nSPS) is 23.7. The first-order chi connectivity index (χ1) is 18.3. The fourth-order valence-corrected chi connectivity index (χ4v) is 6.25. The van der Waals surface area contributed by atoms with Crippen molar-refractivity contribution >= 4 is 57.9 Å². The minimum Gasteiger partial charge on any atom is -0.391 e. The van der Waals surface area contributed by atoms with Gasteiger partial charge in [-0.1, -0.05) is 36.0 Å². The number of halogens is 2. The monoisotopic (exact) mass is 556 g/mol. The third kappa shape index (κ3) is 5.10. The number of nitrogens with zero attached hydrogens (tertiary/aromatic N) is 6. The van der Waals surface area contributed by atoms with E-state index < -0.39 is 6.10 Å². The molecule has 0 saturated heterocycles. The van der Waals surface area contributed by atoms with Crippen LogP contribution in [-0.2, 0) is 4.79 Å². The summed E-state index contributed by atoms with van der Waals surface area (Å²) in [6, 6.07) is 5.08. The number of aliphatic hydroxyl groups is 1. The molecule has 0 spiro atoms. The number of aliphatic hydroxyl groups excluding tert-OH is 1. The number of aromatic nitrogens is 4. The van der Waals surface area contributed by atoms with Crippen LogP contribution >= 0.6 is 23.2 Å². The van der Waals surface area contributed by atoms with E-state index in [9.17, 15) is 15.2 Å². The number of anilines is 3. The fourth-order valence-electron chi connectivity index (χ4n) is 5.67. The van der Waals surface area contributed by atoms with Crippen LogP contribution in [0.15, 0.2) is 18.3 Å². The van der Waals surface area contributed by atoms with Crippen LogP contribution in [0.3, 0.4) is 0 Å². The van der Waals surface area contributed by atoms with Gasteiger partial charge in [0, 0.05) is 19.0 Å². The van der Waals surface area contributed by atoms with Crippen molar-refractivity contribution in [2.24, 2.45) is 11.7 Å². The Labute approximate surface area is 230 Å². The van der Waals surface area contributed by atoms with Gasteiger partial charge in [-0.05, 0) is 50.7 Å². The van der Waals surface area contributed by atoms with Crippen molar-refractivity contribution in [2.45, 2.75) is 69.6 Å². The van der Waals surface area contributed by atoms with Gasteiger partial charge in [0.2, 0.25) is 17.8 Å². The van der Waals surface area contributed by atoms with E-state index in [0.717, 1.165) is 38.5 Å². The summed E-state index contributed by atoms with van der Waals surface area (Å²) < 4.78 is 2.02. The lowest BCUT2D eigenvalue weighted by Crippen LogP contribution is -2.44. The molecule has 200 valence electrons. The molecule has 2 saturated carbocycles. The number of hydrogen-bond acceptors (Lipinski definition) is 8. The molecule has 3 aromatic rings. The van der Waals surface area contributed by atoms with Crippen LogP contribution in [-0.4, -0.2) is 49.7 Å². The molecular formula is C26H30Cl2N8O2. The van der Waals surface area contributed by atoms with E-state index in [-0.39, 0.29) is 23.9 Å². The molecule has 4 N–H and O–H groups in total. The number of likely N-dealkylation sites (N-methyl/N-ethyl adjacent to an activating group) is 1.